The van der Waals surface area contributed by atoms with Crippen molar-refractivity contribution < 1.29 is 14.6 Å². The summed E-state index contributed by atoms with van der Waals surface area (Å²) in [5.74, 6) is 0.661. The highest BCUT2D eigenvalue weighted by molar-refractivity contribution is 6.09. The number of fused-ring (bicyclic) bond motifs is 1. The van der Waals surface area contributed by atoms with Gasteiger partial charge in [0.1, 0.15) is 5.75 Å². The molecule has 1 saturated heterocycles. The molecule has 7 nitrogen and oxygen atoms in total. The maximum Gasteiger partial charge on any atom is 0.180 e. The van der Waals surface area contributed by atoms with Crippen LogP contribution in [0.2, 0.25) is 0 Å². The van der Waals surface area contributed by atoms with E-state index < -0.39 is 0 Å². The van der Waals surface area contributed by atoms with Crippen LogP contribution in [-0.4, -0.2) is 57.7 Å². The first kappa shape index (κ1) is 21.0. The number of aliphatic hydroxyl groups is 1. The van der Waals surface area contributed by atoms with Crippen molar-refractivity contribution >= 4 is 16.8 Å². The van der Waals surface area contributed by atoms with Crippen molar-refractivity contribution in [1.82, 2.24) is 14.5 Å². The first-order valence-corrected chi connectivity index (χ1v) is 10.6. The zero-order valence-corrected chi connectivity index (χ0v) is 17.8. The molecular formula is C24H26N4O3. The van der Waals surface area contributed by atoms with Crippen LogP contribution < -0.4 is 4.74 Å². The van der Waals surface area contributed by atoms with Gasteiger partial charge in [-0.15, -0.1) is 0 Å². The molecule has 0 aliphatic carbocycles. The van der Waals surface area contributed by atoms with Crippen LogP contribution in [0.15, 0.2) is 36.5 Å². The van der Waals surface area contributed by atoms with Crippen LogP contribution in [0.1, 0.15) is 41.4 Å². The standard InChI is InChI=1S/C24H26N4O3/c1-3-31-20-12-21-24(26-14-20)23(22(30)15-27-10-8-19(29)9-11-27)16(2)28(21)18-6-4-17(13-25)5-7-18/h4-7,12,14,19,29H,3,8-11,15H2,1-2H3. The van der Waals surface area contributed by atoms with Crippen LogP contribution in [0, 0.1) is 18.3 Å². The summed E-state index contributed by atoms with van der Waals surface area (Å²) in [6, 6.07) is 11.3. The Morgan fingerprint density at radius 2 is 2.00 bits per heavy atom. The highest BCUT2D eigenvalue weighted by Crippen LogP contribution is 2.31. The molecule has 0 spiro atoms. The van der Waals surface area contributed by atoms with Gasteiger partial charge in [0.15, 0.2) is 5.78 Å². The van der Waals surface area contributed by atoms with Gasteiger partial charge in [0.2, 0.25) is 0 Å². The van der Waals surface area contributed by atoms with Crippen LogP contribution in [0.3, 0.4) is 0 Å². The Balaban J connectivity index is 1.78. The normalized spacial score (nSPS) is 15.2. The van der Waals surface area contributed by atoms with E-state index in [1.165, 1.54) is 0 Å². The first-order chi connectivity index (χ1) is 15.0. The average Bonchev–Trinajstić information content (AvgIpc) is 3.07. The Hall–Kier alpha value is -3.21. The van der Waals surface area contributed by atoms with Gasteiger partial charge in [0.05, 0.1) is 53.7 Å². The molecule has 0 radical (unpaired) electrons. The molecule has 1 fully saturated rings. The van der Waals surface area contributed by atoms with Gasteiger partial charge in [-0.1, -0.05) is 0 Å². The van der Waals surface area contributed by atoms with Gasteiger partial charge in [-0.25, -0.2) is 4.98 Å². The Labute approximate surface area is 181 Å². The minimum absolute atomic E-state index is 0.0166. The van der Waals surface area contributed by atoms with Crippen molar-refractivity contribution in [3.63, 3.8) is 0 Å². The Morgan fingerprint density at radius 1 is 1.29 bits per heavy atom. The van der Waals surface area contributed by atoms with Crippen LogP contribution in [0.5, 0.6) is 5.75 Å². The number of benzene rings is 1. The molecule has 31 heavy (non-hydrogen) atoms. The fourth-order valence-electron chi connectivity index (χ4n) is 4.22. The predicted octanol–water partition coefficient (Wildman–Crippen LogP) is 3.24. The summed E-state index contributed by atoms with van der Waals surface area (Å²) in [4.78, 5) is 20.0. The second-order valence-electron chi connectivity index (χ2n) is 7.86. The average molecular weight is 418 g/mol. The fourth-order valence-corrected chi connectivity index (χ4v) is 4.22. The number of nitriles is 1. The number of ether oxygens (including phenoxy) is 1. The number of hydrogen-bond acceptors (Lipinski definition) is 6. The Kier molecular flexibility index (Phi) is 6.03. The number of aliphatic hydroxyl groups excluding tert-OH is 1. The number of pyridine rings is 1. The van der Waals surface area contributed by atoms with Crippen molar-refractivity contribution in [3.05, 3.63) is 53.3 Å². The van der Waals surface area contributed by atoms with Gasteiger partial charge in [-0.3, -0.25) is 9.69 Å². The number of piperidine rings is 1. The van der Waals surface area contributed by atoms with Crippen LogP contribution in [0.25, 0.3) is 16.7 Å². The molecule has 3 heterocycles. The number of Topliss-reactive ketones (excluding diaryl/α,β-unsaturated/α-hetero) is 1. The Morgan fingerprint density at radius 3 is 2.65 bits per heavy atom. The molecular weight excluding hydrogens is 392 g/mol. The maximum atomic E-state index is 13.4. The van der Waals surface area contributed by atoms with Crippen molar-refractivity contribution in [3.8, 4) is 17.5 Å². The minimum atomic E-state index is -0.273. The highest BCUT2D eigenvalue weighted by atomic mass is 16.5. The van der Waals surface area contributed by atoms with E-state index in [1.54, 1.807) is 18.3 Å². The highest BCUT2D eigenvalue weighted by Gasteiger charge is 2.26. The SMILES string of the molecule is CCOc1cnc2c(C(=O)CN3CCC(O)CC3)c(C)n(-c3ccc(C#N)cc3)c2c1. The van der Waals surface area contributed by atoms with Crippen molar-refractivity contribution in [2.75, 3.05) is 26.2 Å². The number of likely N-dealkylation sites (tertiary alicyclic amines) is 1. The lowest BCUT2D eigenvalue weighted by Crippen LogP contribution is -2.39. The van der Waals surface area contributed by atoms with Crippen LogP contribution in [-0.2, 0) is 0 Å². The molecule has 0 amide bonds. The summed E-state index contributed by atoms with van der Waals surface area (Å²) >= 11 is 0. The fraction of sp³-hybridized carbons (Fsp3) is 0.375. The topological polar surface area (TPSA) is 91.4 Å². The van der Waals surface area contributed by atoms with E-state index in [1.807, 2.05) is 36.6 Å². The molecule has 1 aromatic carbocycles. The molecule has 7 heteroatoms. The van der Waals surface area contributed by atoms with E-state index in [0.717, 1.165) is 16.9 Å². The Bertz CT molecular complexity index is 1140. The molecule has 1 aliphatic heterocycles. The number of rotatable bonds is 6. The summed E-state index contributed by atoms with van der Waals surface area (Å²) in [7, 11) is 0. The number of carbonyl (C=O) groups is 1. The zero-order valence-electron chi connectivity index (χ0n) is 17.8. The van der Waals surface area contributed by atoms with E-state index in [2.05, 4.69) is 16.0 Å². The third-order valence-electron chi connectivity index (χ3n) is 5.79. The summed E-state index contributed by atoms with van der Waals surface area (Å²) in [6.45, 7) is 6.09. The van der Waals surface area contributed by atoms with E-state index in [9.17, 15) is 9.90 Å². The first-order valence-electron chi connectivity index (χ1n) is 10.6. The minimum Gasteiger partial charge on any atom is -0.492 e. The second-order valence-corrected chi connectivity index (χ2v) is 7.86. The van der Waals surface area contributed by atoms with E-state index in [0.29, 0.717) is 61.5 Å². The lowest BCUT2D eigenvalue weighted by Gasteiger charge is -2.28. The third kappa shape index (κ3) is 4.18. The molecule has 3 aromatic rings. The van der Waals surface area contributed by atoms with Crippen LogP contribution in [0.4, 0.5) is 0 Å². The van der Waals surface area contributed by atoms with Crippen molar-refractivity contribution in [2.24, 2.45) is 0 Å². The number of nitrogens with zero attached hydrogens (tertiary/aromatic N) is 4. The lowest BCUT2D eigenvalue weighted by atomic mass is 10.1. The summed E-state index contributed by atoms with van der Waals surface area (Å²) in [5, 5.41) is 18.9. The molecule has 1 aliphatic rings. The van der Waals surface area contributed by atoms with Crippen molar-refractivity contribution in [1.29, 1.82) is 5.26 Å². The van der Waals surface area contributed by atoms with Gasteiger partial charge < -0.3 is 14.4 Å². The van der Waals surface area contributed by atoms with Gasteiger partial charge >= 0.3 is 0 Å². The molecule has 0 saturated carbocycles. The number of hydrogen-bond donors (Lipinski definition) is 1. The van der Waals surface area contributed by atoms with E-state index in [4.69, 9.17) is 10.00 Å². The quantitative estimate of drug-likeness (QED) is 0.618. The molecule has 1 N–H and O–H groups in total. The zero-order chi connectivity index (χ0) is 22.0. The summed E-state index contributed by atoms with van der Waals surface area (Å²) < 4.78 is 7.65. The van der Waals surface area contributed by atoms with Gasteiger partial charge in [0, 0.05) is 30.5 Å². The largest absolute Gasteiger partial charge is 0.492 e. The van der Waals surface area contributed by atoms with E-state index >= 15 is 0 Å². The predicted molar refractivity (Wildman–Crippen MR) is 118 cm³/mol. The molecule has 2 aromatic heterocycles. The van der Waals surface area contributed by atoms with Gasteiger partial charge in [-0.05, 0) is 51.0 Å². The molecule has 0 unspecified atom stereocenters. The molecule has 0 bridgehead atoms. The summed E-state index contributed by atoms with van der Waals surface area (Å²) in [5.41, 5.74) is 4.29. The van der Waals surface area contributed by atoms with Gasteiger partial charge in [-0.2, -0.15) is 5.26 Å². The number of aromatic nitrogens is 2. The summed E-state index contributed by atoms with van der Waals surface area (Å²) in [6.07, 6.45) is 2.76. The monoisotopic (exact) mass is 418 g/mol. The molecule has 4 rings (SSSR count). The van der Waals surface area contributed by atoms with E-state index in [-0.39, 0.29) is 11.9 Å². The third-order valence-corrected chi connectivity index (χ3v) is 5.79. The van der Waals surface area contributed by atoms with Gasteiger partial charge in [0.25, 0.3) is 0 Å². The van der Waals surface area contributed by atoms with Crippen molar-refractivity contribution in [2.45, 2.75) is 32.8 Å². The number of carbonyl (C=O) groups excluding carboxylic acids is 1. The molecule has 0 atom stereocenters. The lowest BCUT2D eigenvalue weighted by molar-refractivity contribution is 0.0711. The second kappa shape index (κ2) is 8.88. The smallest absolute Gasteiger partial charge is 0.180 e. The van der Waals surface area contributed by atoms with Crippen LogP contribution >= 0.6 is 0 Å². The number of ketones is 1. The maximum absolute atomic E-state index is 13.4. The molecule has 160 valence electrons.